The van der Waals surface area contributed by atoms with E-state index in [1.54, 1.807) is 27.7 Å². The Morgan fingerprint density at radius 1 is 0.895 bits per heavy atom. The smallest absolute Gasteiger partial charge is 0.356 e. The van der Waals surface area contributed by atoms with Gasteiger partial charge in [-0.2, -0.15) is 0 Å². The third-order valence-corrected chi connectivity index (χ3v) is 1.96. The van der Waals surface area contributed by atoms with Crippen molar-refractivity contribution in [3.8, 4) is 0 Å². The minimum Gasteiger partial charge on any atom is -0.463 e. The van der Waals surface area contributed by atoms with E-state index in [-0.39, 0.29) is 13.2 Å². The summed E-state index contributed by atoms with van der Waals surface area (Å²) in [6, 6.07) is 0. The number of ether oxygens (including phenoxy) is 4. The monoisotopic (exact) mass is 277 g/mol. The van der Waals surface area contributed by atoms with Gasteiger partial charge in [0.05, 0.1) is 6.61 Å². The quantitative estimate of drug-likeness (QED) is 0.460. The van der Waals surface area contributed by atoms with Gasteiger partial charge in [-0.3, -0.25) is 4.79 Å². The van der Waals surface area contributed by atoms with Gasteiger partial charge in [0.2, 0.25) is 12.5 Å². The molecule has 0 bridgehead atoms. The molecule has 0 aromatic rings. The van der Waals surface area contributed by atoms with E-state index in [4.69, 9.17) is 18.9 Å². The van der Waals surface area contributed by atoms with Crippen molar-refractivity contribution in [2.24, 2.45) is 0 Å². The first-order valence-corrected chi connectivity index (χ1v) is 6.42. The maximum Gasteiger partial charge on any atom is 0.356 e. The SMILES string of the molecule is CCOC(=O)C(NC(=O)C(OCC)OCC)OCC. The molecule has 0 rings (SSSR count). The van der Waals surface area contributed by atoms with Crippen LogP contribution in [0.4, 0.5) is 0 Å². The summed E-state index contributed by atoms with van der Waals surface area (Å²) in [6.07, 6.45) is -2.21. The Kier molecular flexibility index (Phi) is 10.1. The fourth-order valence-corrected chi connectivity index (χ4v) is 1.25. The lowest BCUT2D eigenvalue weighted by molar-refractivity contribution is -0.178. The van der Waals surface area contributed by atoms with Crippen LogP contribution in [0.15, 0.2) is 0 Å². The van der Waals surface area contributed by atoms with Crippen LogP contribution in [0.2, 0.25) is 0 Å². The normalized spacial score (nSPS) is 12.3. The van der Waals surface area contributed by atoms with Crippen molar-refractivity contribution >= 4 is 11.9 Å². The van der Waals surface area contributed by atoms with E-state index in [0.29, 0.717) is 13.2 Å². The summed E-state index contributed by atoms with van der Waals surface area (Å²) in [4.78, 5) is 23.4. The molecule has 7 heteroatoms. The molecule has 0 aliphatic heterocycles. The topological polar surface area (TPSA) is 83.1 Å². The predicted octanol–water partition coefficient (Wildman–Crippen LogP) is 0.427. The van der Waals surface area contributed by atoms with Crippen LogP contribution >= 0.6 is 0 Å². The van der Waals surface area contributed by atoms with Crippen molar-refractivity contribution in [2.45, 2.75) is 40.2 Å². The summed E-state index contributed by atoms with van der Waals surface area (Å²) in [5, 5.41) is 2.39. The number of hydrogen-bond acceptors (Lipinski definition) is 6. The lowest BCUT2D eigenvalue weighted by Crippen LogP contribution is -2.49. The zero-order valence-electron chi connectivity index (χ0n) is 11.9. The summed E-state index contributed by atoms with van der Waals surface area (Å²) >= 11 is 0. The van der Waals surface area contributed by atoms with E-state index in [2.05, 4.69) is 5.32 Å². The Morgan fingerprint density at radius 2 is 1.42 bits per heavy atom. The van der Waals surface area contributed by atoms with E-state index in [1.807, 2.05) is 0 Å². The average Bonchev–Trinajstić information content (AvgIpc) is 2.38. The molecule has 1 atom stereocenters. The molecule has 112 valence electrons. The van der Waals surface area contributed by atoms with Crippen LogP contribution < -0.4 is 5.32 Å². The Hall–Kier alpha value is -1.18. The van der Waals surface area contributed by atoms with Gasteiger partial charge >= 0.3 is 5.97 Å². The Morgan fingerprint density at radius 3 is 1.84 bits per heavy atom. The van der Waals surface area contributed by atoms with Gasteiger partial charge in [0.15, 0.2) is 0 Å². The molecule has 0 heterocycles. The molecule has 7 nitrogen and oxygen atoms in total. The molecule has 0 aromatic heterocycles. The maximum atomic E-state index is 11.9. The second kappa shape index (κ2) is 10.7. The van der Waals surface area contributed by atoms with E-state index in [0.717, 1.165) is 0 Å². The molecule has 1 N–H and O–H groups in total. The highest BCUT2D eigenvalue weighted by molar-refractivity contribution is 5.85. The van der Waals surface area contributed by atoms with Crippen molar-refractivity contribution < 1.29 is 28.5 Å². The van der Waals surface area contributed by atoms with Crippen LogP contribution in [0, 0.1) is 0 Å². The number of carbonyl (C=O) groups is 2. The summed E-state index contributed by atoms with van der Waals surface area (Å²) in [6.45, 7) is 7.96. The zero-order chi connectivity index (χ0) is 14.7. The first-order valence-electron chi connectivity index (χ1n) is 6.42. The maximum absolute atomic E-state index is 11.9. The number of nitrogens with one attached hydrogen (secondary N) is 1. The number of rotatable bonds is 10. The van der Waals surface area contributed by atoms with E-state index >= 15 is 0 Å². The largest absolute Gasteiger partial charge is 0.463 e. The van der Waals surface area contributed by atoms with Crippen molar-refractivity contribution in [1.29, 1.82) is 0 Å². The molecule has 0 spiro atoms. The molecule has 0 aliphatic rings. The Labute approximate surface area is 113 Å². The lowest BCUT2D eigenvalue weighted by atomic mass is 10.4. The molecular formula is C12H23NO6. The molecule has 19 heavy (non-hydrogen) atoms. The van der Waals surface area contributed by atoms with Gasteiger partial charge in [-0.15, -0.1) is 0 Å². The molecule has 1 amide bonds. The third-order valence-electron chi connectivity index (χ3n) is 1.96. The van der Waals surface area contributed by atoms with Crippen molar-refractivity contribution in [3.63, 3.8) is 0 Å². The average molecular weight is 277 g/mol. The number of hydrogen-bond donors (Lipinski definition) is 1. The first kappa shape index (κ1) is 17.8. The summed E-state index contributed by atoms with van der Waals surface area (Å²) in [7, 11) is 0. The Bertz CT molecular complexity index is 265. The van der Waals surface area contributed by atoms with Gasteiger partial charge in [-0.1, -0.05) is 0 Å². The first-order chi connectivity index (χ1) is 9.10. The van der Waals surface area contributed by atoms with E-state index in [1.165, 1.54) is 0 Å². The van der Waals surface area contributed by atoms with E-state index in [9.17, 15) is 9.59 Å². The zero-order valence-corrected chi connectivity index (χ0v) is 11.9. The van der Waals surface area contributed by atoms with Gasteiger partial charge in [0.25, 0.3) is 5.91 Å². The van der Waals surface area contributed by atoms with Gasteiger partial charge in [-0.25, -0.2) is 4.79 Å². The summed E-state index contributed by atoms with van der Waals surface area (Å²) in [5.41, 5.74) is 0. The minimum absolute atomic E-state index is 0.207. The fraction of sp³-hybridized carbons (Fsp3) is 0.833. The van der Waals surface area contributed by atoms with Crippen LogP contribution in [0.3, 0.4) is 0 Å². The number of carbonyl (C=O) groups excluding carboxylic acids is 2. The van der Waals surface area contributed by atoms with Crippen LogP contribution in [0.5, 0.6) is 0 Å². The highest BCUT2D eigenvalue weighted by atomic mass is 16.7. The molecule has 0 radical (unpaired) electrons. The number of esters is 1. The van der Waals surface area contributed by atoms with Gasteiger partial charge in [0.1, 0.15) is 0 Å². The standard InChI is InChI=1S/C12H23NO6/c1-5-16-10(11(15)17-6-2)13-9(14)12(18-7-3)19-8-4/h10,12H,5-8H2,1-4H3,(H,13,14). The molecule has 0 fully saturated rings. The summed E-state index contributed by atoms with van der Waals surface area (Å²) < 4.78 is 20.2. The highest BCUT2D eigenvalue weighted by Gasteiger charge is 2.27. The van der Waals surface area contributed by atoms with E-state index < -0.39 is 24.4 Å². The summed E-state index contributed by atoms with van der Waals surface area (Å²) in [5.74, 6) is -1.22. The molecule has 0 aromatic carbocycles. The fourth-order valence-electron chi connectivity index (χ4n) is 1.25. The van der Waals surface area contributed by atoms with Crippen LogP contribution in [-0.4, -0.2) is 50.8 Å². The van der Waals surface area contributed by atoms with Crippen LogP contribution in [0.1, 0.15) is 27.7 Å². The molecule has 0 aliphatic carbocycles. The molecule has 0 saturated heterocycles. The predicted molar refractivity (Wildman–Crippen MR) is 67.2 cm³/mol. The second-order valence-corrected chi connectivity index (χ2v) is 3.34. The lowest BCUT2D eigenvalue weighted by Gasteiger charge is -2.21. The molecule has 0 saturated carbocycles. The van der Waals surface area contributed by atoms with Crippen molar-refractivity contribution in [3.05, 3.63) is 0 Å². The molecule has 1 unspecified atom stereocenters. The minimum atomic E-state index is -1.15. The Balaban J connectivity index is 4.53. The van der Waals surface area contributed by atoms with Crippen molar-refractivity contribution in [1.82, 2.24) is 5.32 Å². The van der Waals surface area contributed by atoms with Gasteiger partial charge in [0, 0.05) is 19.8 Å². The highest BCUT2D eigenvalue weighted by Crippen LogP contribution is 1.99. The number of amides is 1. The molecular weight excluding hydrogens is 254 g/mol. The van der Waals surface area contributed by atoms with Crippen LogP contribution in [-0.2, 0) is 28.5 Å². The third kappa shape index (κ3) is 7.09. The van der Waals surface area contributed by atoms with Gasteiger partial charge in [-0.05, 0) is 27.7 Å². The van der Waals surface area contributed by atoms with Gasteiger partial charge < -0.3 is 24.3 Å². The second-order valence-electron chi connectivity index (χ2n) is 3.34. The van der Waals surface area contributed by atoms with Crippen molar-refractivity contribution in [2.75, 3.05) is 26.4 Å². The van der Waals surface area contributed by atoms with Crippen LogP contribution in [0.25, 0.3) is 0 Å².